The van der Waals surface area contributed by atoms with Crippen LogP contribution in [0.3, 0.4) is 0 Å². The van der Waals surface area contributed by atoms with Gasteiger partial charge in [0.2, 0.25) is 5.91 Å². The summed E-state index contributed by atoms with van der Waals surface area (Å²) in [5.41, 5.74) is 5.13. The third kappa shape index (κ3) is 6.10. The summed E-state index contributed by atoms with van der Waals surface area (Å²) >= 11 is 0. The quantitative estimate of drug-likeness (QED) is 0.387. The van der Waals surface area contributed by atoms with Crippen LogP contribution in [0.2, 0.25) is 0 Å². The summed E-state index contributed by atoms with van der Waals surface area (Å²) in [7, 11) is 0. The van der Waals surface area contributed by atoms with E-state index in [1.165, 1.54) is 0 Å². The van der Waals surface area contributed by atoms with E-state index in [9.17, 15) is 4.79 Å². The average Bonchev–Trinajstić information content (AvgIpc) is 3.22. The van der Waals surface area contributed by atoms with Gasteiger partial charge in [-0.25, -0.2) is 4.98 Å². The molecule has 1 fully saturated rings. The van der Waals surface area contributed by atoms with Gasteiger partial charge in [-0.1, -0.05) is 37.3 Å². The largest absolute Gasteiger partial charge is 0.379 e. The van der Waals surface area contributed by atoms with Crippen LogP contribution >= 0.6 is 0 Å². The van der Waals surface area contributed by atoms with Gasteiger partial charge in [-0.3, -0.25) is 14.6 Å². The fourth-order valence-electron chi connectivity index (χ4n) is 4.83. The first-order chi connectivity index (χ1) is 17.1. The van der Waals surface area contributed by atoms with Crippen LogP contribution in [0, 0.1) is 6.92 Å². The van der Waals surface area contributed by atoms with Gasteiger partial charge in [-0.05, 0) is 56.5 Å². The zero-order valence-corrected chi connectivity index (χ0v) is 21.3. The highest BCUT2D eigenvalue weighted by molar-refractivity contribution is 5.95. The zero-order valence-electron chi connectivity index (χ0n) is 21.3. The molecule has 3 aromatic rings. The van der Waals surface area contributed by atoms with Crippen LogP contribution in [-0.2, 0) is 33.7 Å². The second-order valence-corrected chi connectivity index (χ2v) is 9.04. The van der Waals surface area contributed by atoms with Gasteiger partial charge in [0.15, 0.2) is 0 Å². The normalized spacial score (nSPS) is 14.5. The smallest absolute Gasteiger partial charge is 0.248 e. The number of carbonyl (C=O) groups excluding carboxylic acids is 1. The first kappa shape index (κ1) is 25.4. The molecule has 7 heteroatoms. The van der Waals surface area contributed by atoms with Gasteiger partial charge in [-0.15, -0.1) is 0 Å². The second-order valence-electron chi connectivity index (χ2n) is 9.04. The Hall–Kier alpha value is -2.74. The van der Waals surface area contributed by atoms with E-state index < -0.39 is 0 Å². The summed E-state index contributed by atoms with van der Waals surface area (Å²) in [6.45, 7) is 11.8. The van der Waals surface area contributed by atoms with Crippen LogP contribution in [0.15, 0.2) is 42.5 Å². The van der Waals surface area contributed by atoms with E-state index in [2.05, 4.69) is 47.6 Å². The summed E-state index contributed by atoms with van der Waals surface area (Å²) in [5, 5.41) is 0. The number of aromatic nitrogens is 2. The molecule has 2 heterocycles. The summed E-state index contributed by atoms with van der Waals surface area (Å²) in [6, 6.07) is 14.3. The van der Waals surface area contributed by atoms with E-state index in [0.29, 0.717) is 6.61 Å². The van der Waals surface area contributed by atoms with E-state index in [1.54, 1.807) is 0 Å². The molecule has 0 aliphatic carbocycles. The predicted octanol–water partition coefficient (Wildman–Crippen LogP) is 4.20. The van der Waals surface area contributed by atoms with Crippen molar-refractivity contribution in [3.05, 3.63) is 59.4 Å². The highest BCUT2D eigenvalue weighted by Gasteiger charge is 2.23. The van der Waals surface area contributed by atoms with Crippen LogP contribution in [-0.4, -0.2) is 66.5 Å². The molecule has 35 heavy (non-hydrogen) atoms. The van der Waals surface area contributed by atoms with Crippen molar-refractivity contribution in [3.63, 3.8) is 0 Å². The van der Waals surface area contributed by atoms with E-state index in [1.807, 2.05) is 30.0 Å². The number of nitrogens with zero attached hydrogens (tertiary/aromatic N) is 4. The van der Waals surface area contributed by atoms with Gasteiger partial charge in [0.05, 0.1) is 29.9 Å². The first-order valence-electron chi connectivity index (χ1n) is 12.8. The van der Waals surface area contributed by atoms with Crippen molar-refractivity contribution >= 4 is 22.6 Å². The molecule has 0 saturated carbocycles. The number of hydrogen-bond donors (Lipinski definition) is 0. The van der Waals surface area contributed by atoms with Crippen LogP contribution in [0.25, 0.3) is 11.0 Å². The van der Waals surface area contributed by atoms with Gasteiger partial charge in [0.25, 0.3) is 0 Å². The molecule has 0 unspecified atom stereocenters. The van der Waals surface area contributed by atoms with Crippen molar-refractivity contribution in [1.29, 1.82) is 0 Å². The summed E-state index contributed by atoms with van der Waals surface area (Å²) in [4.78, 5) is 23.0. The average molecular weight is 479 g/mol. The number of imidazole rings is 1. The number of anilines is 1. The Morgan fingerprint density at radius 1 is 1.11 bits per heavy atom. The summed E-state index contributed by atoms with van der Waals surface area (Å²) < 4.78 is 13.3. The lowest BCUT2D eigenvalue weighted by Gasteiger charge is -2.27. The Morgan fingerprint density at radius 3 is 2.69 bits per heavy atom. The first-order valence-corrected chi connectivity index (χ1v) is 12.8. The van der Waals surface area contributed by atoms with Crippen molar-refractivity contribution in [2.45, 2.75) is 46.6 Å². The highest BCUT2D eigenvalue weighted by Crippen LogP contribution is 2.27. The van der Waals surface area contributed by atoms with Crippen molar-refractivity contribution in [2.24, 2.45) is 0 Å². The molecule has 1 aromatic heterocycles. The van der Waals surface area contributed by atoms with Crippen LogP contribution < -0.4 is 4.90 Å². The van der Waals surface area contributed by atoms with Crippen LogP contribution in [0.1, 0.15) is 37.2 Å². The molecule has 2 aromatic carbocycles. The minimum absolute atomic E-state index is 0.0139. The Bertz CT molecular complexity index is 1120. The number of benzene rings is 2. The maximum Gasteiger partial charge on any atom is 0.248 e. The number of rotatable bonds is 11. The van der Waals surface area contributed by atoms with Gasteiger partial charge in [0.1, 0.15) is 19.1 Å². The minimum Gasteiger partial charge on any atom is -0.379 e. The van der Waals surface area contributed by atoms with E-state index >= 15 is 0 Å². The SMILES string of the molecule is CCOCN(C(=O)Cn1c(CCCN2CCOCC2)nc2ccccc21)c1c(C)cccc1CC. The Balaban J connectivity index is 1.58. The fraction of sp³-hybridized carbons (Fsp3) is 0.500. The van der Waals surface area contributed by atoms with Crippen LogP contribution in [0.5, 0.6) is 0 Å². The molecule has 0 spiro atoms. The molecular weight excluding hydrogens is 440 g/mol. The highest BCUT2D eigenvalue weighted by atomic mass is 16.5. The molecule has 1 amide bonds. The number of morpholine rings is 1. The Morgan fingerprint density at radius 2 is 1.91 bits per heavy atom. The van der Waals surface area contributed by atoms with Crippen molar-refractivity contribution in [2.75, 3.05) is 51.1 Å². The van der Waals surface area contributed by atoms with E-state index in [-0.39, 0.29) is 19.2 Å². The minimum atomic E-state index is 0.0139. The van der Waals surface area contributed by atoms with Gasteiger partial charge in [0, 0.05) is 26.1 Å². The molecule has 0 radical (unpaired) electrons. The van der Waals surface area contributed by atoms with Gasteiger partial charge < -0.3 is 14.0 Å². The molecule has 1 aliphatic rings. The molecule has 1 aliphatic heterocycles. The topological polar surface area (TPSA) is 59.8 Å². The van der Waals surface area contributed by atoms with Crippen molar-refractivity contribution in [3.8, 4) is 0 Å². The lowest BCUT2D eigenvalue weighted by Crippen LogP contribution is -2.37. The maximum atomic E-state index is 13.8. The third-order valence-electron chi connectivity index (χ3n) is 6.70. The van der Waals surface area contributed by atoms with Crippen LogP contribution in [0.4, 0.5) is 5.69 Å². The molecular formula is C28H38N4O3. The number of amides is 1. The summed E-state index contributed by atoms with van der Waals surface area (Å²) in [5.74, 6) is 0.977. The number of ether oxygens (including phenoxy) is 2. The molecule has 0 bridgehead atoms. The van der Waals surface area contributed by atoms with Crippen molar-refractivity contribution in [1.82, 2.24) is 14.5 Å². The lowest BCUT2D eigenvalue weighted by atomic mass is 10.0. The number of hydrogen-bond acceptors (Lipinski definition) is 5. The molecule has 1 saturated heterocycles. The Labute approximate surface area is 208 Å². The monoisotopic (exact) mass is 478 g/mol. The fourth-order valence-corrected chi connectivity index (χ4v) is 4.83. The molecule has 4 rings (SSSR count). The lowest BCUT2D eigenvalue weighted by molar-refractivity contribution is -0.120. The van der Waals surface area contributed by atoms with E-state index in [0.717, 1.165) is 85.8 Å². The summed E-state index contributed by atoms with van der Waals surface area (Å²) in [6.07, 6.45) is 2.68. The molecule has 0 N–H and O–H groups in total. The van der Waals surface area contributed by atoms with E-state index in [4.69, 9.17) is 14.5 Å². The van der Waals surface area contributed by atoms with Gasteiger partial charge >= 0.3 is 0 Å². The zero-order chi connectivity index (χ0) is 24.6. The van der Waals surface area contributed by atoms with Gasteiger partial charge in [-0.2, -0.15) is 0 Å². The second kappa shape index (κ2) is 12.3. The standard InChI is InChI=1S/C28H38N4O3/c1-4-23-11-8-10-22(3)28(23)32(21-34-5-2)27(33)20-31-25-13-7-6-12-24(25)29-26(31)14-9-15-30-16-18-35-19-17-30/h6-8,10-13H,4-5,9,14-21H2,1-3H3. The van der Waals surface area contributed by atoms with Crippen molar-refractivity contribution < 1.29 is 14.3 Å². The number of aryl methyl sites for hydroxylation is 3. The molecule has 188 valence electrons. The maximum absolute atomic E-state index is 13.8. The Kier molecular flexibility index (Phi) is 8.90. The molecule has 0 atom stereocenters. The number of para-hydroxylation sites is 3. The molecule has 7 nitrogen and oxygen atoms in total. The number of fused-ring (bicyclic) bond motifs is 1. The predicted molar refractivity (Wildman–Crippen MR) is 140 cm³/mol. The third-order valence-corrected chi connectivity index (χ3v) is 6.70. The number of carbonyl (C=O) groups is 1.